The van der Waals surface area contributed by atoms with Gasteiger partial charge in [0.15, 0.2) is 0 Å². The van der Waals surface area contributed by atoms with E-state index in [4.69, 9.17) is 5.11 Å². The van der Waals surface area contributed by atoms with Crippen molar-refractivity contribution in [1.82, 2.24) is 9.97 Å². The fourth-order valence-corrected chi connectivity index (χ4v) is 2.10. The van der Waals surface area contributed by atoms with Crippen molar-refractivity contribution in [3.63, 3.8) is 0 Å². The lowest BCUT2D eigenvalue weighted by Crippen LogP contribution is -1.87. The molecule has 2 rings (SSSR count). The number of rotatable bonds is 4. The highest BCUT2D eigenvalue weighted by Gasteiger charge is 2.02. The molecular formula is C12H10N2O2S. The number of carboxylic acids is 1. The number of carbonyl (C=O) groups is 1. The summed E-state index contributed by atoms with van der Waals surface area (Å²) in [5.74, 6) is -0.934. The third-order valence-corrected chi connectivity index (χ3v) is 2.95. The molecular weight excluding hydrogens is 236 g/mol. The standard InChI is InChI=1S/C12H10N2O2S/c15-12(16)3-1-2-11-14-10(8-17-11)9-4-6-13-7-5-9/h1,3-8H,2H2,(H,15,16)/b3-1+. The Kier molecular flexibility index (Phi) is 3.62. The number of carboxylic acid groups (broad SMARTS) is 1. The van der Waals surface area contributed by atoms with Crippen molar-refractivity contribution in [1.29, 1.82) is 0 Å². The highest BCUT2D eigenvalue weighted by atomic mass is 32.1. The molecule has 2 aromatic heterocycles. The third kappa shape index (κ3) is 3.22. The van der Waals surface area contributed by atoms with E-state index in [-0.39, 0.29) is 0 Å². The molecule has 0 aliphatic heterocycles. The molecule has 5 heteroatoms. The van der Waals surface area contributed by atoms with Crippen LogP contribution >= 0.6 is 11.3 Å². The Balaban J connectivity index is 2.09. The van der Waals surface area contributed by atoms with Crippen LogP contribution in [0.5, 0.6) is 0 Å². The third-order valence-electron chi connectivity index (χ3n) is 2.08. The Morgan fingerprint density at radius 3 is 2.88 bits per heavy atom. The average molecular weight is 246 g/mol. The molecule has 0 aromatic carbocycles. The van der Waals surface area contributed by atoms with Gasteiger partial charge in [0.1, 0.15) is 0 Å². The number of pyridine rings is 1. The largest absolute Gasteiger partial charge is 0.478 e. The van der Waals surface area contributed by atoms with Crippen molar-refractivity contribution in [2.75, 3.05) is 0 Å². The predicted molar refractivity (Wildman–Crippen MR) is 65.8 cm³/mol. The SMILES string of the molecule is O=C(O)/C=C/Cc1nc(-c2ccncc2)cs1. The highest BCUT2D eigenvalue weighted by molar-refractivity contribution is 7.10. The molecule has 2 aromatic rings. The number of aliphatic carboxylic acids is 1. The number of hydrogen-bond donors (Lipinski definition) is 1. The summed E-state index contributed by atoms with van der Waals surface area (Å²) in [5.41, 5.74) is 1.92. The minimum atomic E-state index is -0.934. The zero-order chi connectivity index (χ0) is 12.1. The maximum Gasteiger partial charge on any atom is 0.327 e. The molecule has 0 spiro atoms. The van der Waals surface area contributed by atoms with Gasteiger partial charge in [-0.25, -0.2) is 9.78 Å². The topological polar surface area (TPSA) is 63.1 Å². The number of allylic oxidation sites excluding steroid dienone is 1. The van der Waals surface area contributed by atoms with Crippen LogP contribution in [-0.2, 0) is 11.2 Å². The van der Waals surface area contributed by atoms with Gasteiger partial charge in [0.25, 0.3) is 0 Å². The molecule has 0 atom stereocenters. The molecule has 0 saturated heterocycles. The van der Waals surface area contributed by atoms with Gasteiger partial charge < -0.3 is 5.11 Å². The first kappa shape index (κ1) is 11.5. The number of nitrogens with zero attached hydrogens (tertiary/aromatic N) is 2. The van der Waals surface area contributed by atoms with E-state index in [1.807, 2.05) is 17.5 Å². The van der Waals surface area contributed by atoms with Gasteiger partial charge in [-0.05, 0) is 12.1 Å². The first-order valence-corrected chi connectivity index (χ1v) is 5.88. The maximum absolute atomic E-state index is 10.3. The molecule has 0 aliphatic rings. The van der Waals surface area contributed by atoms with Crippen molar-refractivity contribution in [3.8, 4) is 11.3 Å². The van der Waals surface area contributed by atoms with Crippen LogP contribution < -0.4 is 0 Å². The van der Waals surface area contributed by atoms with Crippen LogP contribution in [0, 0.1) is 0 Å². The van der Waals surface area contributed by atoms with E-state index in [2.05, 4.69) is 9.97 Å². The van der Waals surface area contributed by atoms with Crippen LogP contribution in [0.15, 0.2) is 42.1 Å². The molecule has 0 radical (unpaired) electrons. The first-order valence-electron chi connectivity index (χ1n) is 5.00. The van der Waals surface area contributed by atoms with Gasteiger partial charge in [-0.3, -0.25) is 4.98 Å². The van der Waals surface area contributed by atoms with Crippen LogP contribution in [0.3, 0.4) is 0 Å². The lowest BCUT2D eigenvalue weighted by Gasteiger charge is -1.93. The first-order chi connectivity index (χ1) is 8.25. The van der Waals surface area contributed by atoms with Gasteiger partial charge in [0.2, 0.25) is 0 Å². The summed E-state index contributed by atoms with van der Waals surface area (Å²) in [6.45, 7) is 0. The minimum Gasteiger partial charge on any atom is -0.478 e. The molecule has 1 N–H and O–H groups in total. The smallest absolute Gasteiger partial charge is 0.327 e. The van der Waals surface area contributed by atoms with Crippen molar-refractivity contribution < 1.29 is 9.90 Å². The lowest BCUT2D eigenvalue weighted by atomic mass is 10.2. The molecule has 2 heterocycles. The summed E-state index contributed by atoms with van der Waals surface area (Å²) in [5, 5.41) is 11.3. The van der Waals surface area contributed by atoms with Crippen molar-refractivity contribution in [3.05, 3.63) is 47.1 Å². The quantitative estimate of drug-likeness (QED) is 0.841. The Morgan fingerprint density at radius 1 is 1.41 bits per heavy atom. The summed E-state index contributed by atoms with van der Waals surface area (Å²) in [7, 11) is 0. The predicted octanol–water partition coefficient (Wildman–Crippen LogP) is 2.39. The fraction of sp³-hybridized carbons (Fsp3) is 0.0833. The Morgan fingerprint density at radius 2 is 2.18 bits per heavy atom. The van der Waals surface area contributed by atoms with E-state index >= 15 is 0 Å². The van der Waals surface area contributed by atoms with Gasteiger partial charge in [-0.15, -0.1) is 11.3 Å². The van der Waals surface area contributed by atoms with E-state index in [0.717, 1.165) is 22.3 Å². The van der Waals surface area contributed by atoms with Gasteiger partial charge in [-0.2, -0.15) is 0 Å². The average Bonchev–Trinajstić information content (AvgIpc) is 2.78. The van der Waals surface area contributed by atoms with Crippen LogP contribution in [0.1, 0.15) is 5.01 Å². The number of thiazole rings is 1. The Hall–Kier alpha value is -2.01. The van der Waals surface area contributed by atoms with Gasteiger partial charge >= 0.3 is 5.97 Å². The lowest BCUT2D eigenvalue weighted by molar-refractivity contribution is -0.131. The summed E-state index contributed by atoms with van der Waals surface area (Å²) < 4.78 is 0. The summed E-state index contributed by atoms with van der Waals surface area (Å²) in [6, 6.07) is 3.79. The van der Waals surface area contributed by atoms with Gasteiger partial charge in [0, 0.05) is 35.8 Å². The second-order valence-corrected chi connectivity index (χ2v) is 4.25. The van der Waals surface area contributed by atoms with Crippen molar-refractivity contribution in [2.24, 2.45) is 0 Å². The van der Waals surface area contributed by atoms with Crippen LogP contribution in [0.4, 0.5) is 0 Å². The second-order valence-electron chi connectivity index (χ2n) is 3.31. The monoisotopic (exact) mass is 246 g/mol. The zero-order valence-corrected chi connectivity index (χ0v) is 9.72. The van der Waals surface area contributed by atoms with E-state index < -0.39 is 5.97 Å². The fourth-order valence-electron chi connectivity index (χ4n) is 1.32. The van der Waals surface area contributed by atoms with E-state index in [9.17, 15) is 4.79 Å². The molecule has 0 fully saturated rings. The van der Waals surface area contributed by atoms with E-state index in [1.54, 1.807) is 18.5 Å². The molecule has 0 amide bonds. The molecule has 17 heavy (non-hydrogen) atoms. The summed E-state index contributed by atoms with van der Waals surface area (Å²) in [4.78, 5) is 18.7. The van der Waals surface area contributed by atoms with Crippen molar-refractivity contribution in [2.45, 2.75) is 6.42 Å². The highest BCUT2D eigenvalue weighted by Crippen LogP contribution is 2.21. The van der Waals surface area contributed by atoms with E-state index in [1.165, 1.54) is 11.3 Å². The molecule has 0 bridgehead atoms. The van der Waals surface area contributed by atoms with Gasteiger partial charge in [0.05, 0.1) is 10.7 Å². The second kappa shape index (κ2) is 5.36. The van der Waals surface area contributed by atoms with E-state index in [0.29, 0.717) is 6.42 Å². The van der Waals surface area contributed by atoms with Crippen LogP contribution in [-0.4, -0.2) is 21.0 Å². The number of hydrogen-bond acceptors (Lipinski definition) is 4. The molecule has 0 unspecified atom stereocenters. The Labute approximate surface area is 102 Å². The molecule has 0 saturated carbocycles. The molecule has 86 valence electrons. The van der Waals surface area contributed by atoms with Gasteiger partial charge in [-0.1, -0.05) is 6.08 Å². The molecule has 4 nitrogen and oxygen atoms in total. The molecule has 0 aliphatic carbocycles. The zero-order valence-electron chi connectivity index (χ0n) is 8.91. The Bertz CT molecular complexity index is 534. The van der Waals surface area contributed by atoms with Crippen molar-refractivity contribution >= 4 is 17.3 Å². The van der Waals surface area contributed by atoms with Crippen LogP contribution in [0.25, 0.3) is 11.3 Å². The summed E-state index contributed by atoms with van der Waals surface area (Å²) in [6.07, 6.45) is 6.71. The number of aromatic nitrogens is 2. The van der Waals surface area contributed by atoms with Crippen LogP contribution in [0.2, 0.25) is 0 Å². The maximum atomic E-state index is 10.3. The normalized spacial score (nSPS) is 10.8. The minimum absolute atomic E-state index is 0.544. The summed E-state index contributed by atoms with van der Waals surface area (Å²) >= 11 is 1.52.